The van der Waals surface area contributed by atoms with E-state index in [0.29, 0.717) is 36.8 Å². The van der Waals surface area contributed by atoms with Crippen LogP contribution in [0, 0.1) is 11.6 Å². The summed E-state index contributed by atoms with van der Waals surface area (Å²) in [6.45, 7) is 1.36. The summed E-state index contributed by atoms with van der Waals surface area (Å²) in [5, 5.41) is 3.13. The number of amides is 3. The molecule has 1 aliphatic rings. The van der Waals surface area contributed by atoms with Crippen LogP contribution < -0.4 is 10.2 Å². The zero-order valence-corrected chi connectivity index (χ0v) is 17.8. The Kier molecular flexibility index (Phi) is 6.37. The van der Waals surface area contributed by atoms with E-state index in [9.17, 15) is 18.4 Å². The topological polar surface area (TPSA) is 52.7 Å². The summed E-state index contributed by atoms with van der Waals surface area (Å²) < 4.78 is 28.1. The van der Waals surface area contributed by atoms with Crippen LogP contribution in [0.25, 0.3) is 0 Å². The number of hydrogen-bond donors (Lipinski definition) is 1. The van der Waals surface area contributed by atoms with E-state index >= 15 is 0 Å². The largest absolute Gasteiger partial charge is 0.324 e. The fourth-order valence-electron chi connectivity index (χ4n) is 3.70. The number of rotatable bonds is 5. The molecular formula is C24H20ClF2N3O2. The Morgan fingerprint density at radius 2 is 1.62 bits per heavy atom. The molecule has 1 saturated heterocycles. The number of hydrogen-bond acceptors (Lipinski definition) is 2. The molecule has 3 amide bonds. The molecule has 1 fully saturated rings. The molecule has 1 aliphatic heterocycles. The molecule has 3 aromatic rings. The maximum Gasteiger partial charge on any atom is 0.324 e. The molecule has 0 atom stereocenters. The van der Waals surface area contributed by atoms with Gasteiger partial charge in [-0.2, -0.15) is 0 Å². The van der Waals surface area contributed by atoms with Crippen LogP contribution in [0.5, 0.6) is 0 Å². The van der Waals surface area contributed by atoms with Crippen molar-refractivity contribution in [3.05, 3.63) is 94.5 Å². The van der Waals surface area contributed by atoms with E-state index in [-0.39, 0.29) is 11.7 Å². The predicted octanol–water partition coefficient (Wildman–Crippen LogP) is 5.70. The lowest BCUT2D eigenvalue weighted by Crippen LogP contribution is -2.49. The van der Waals surface area contributed by atoms with Crippen LogP contribution in [-0.4, -0.2) is 29.9 Å². The molecule has 3 aromatic carbocycles. The molecule has 0 unspecified atom stereocenters. The van der Waals surface area contributed by atoms with Gasteiger partial charge < -0.3 is 10.2 Å². The summed E-state index contributed by atoms with van der Waals surface area (Å²) in [6, 6.07) is 17.0. The second-order valence-corrected chi connectivity index (χ2v) is 7.78. The van der Waals surface area contributed by atoms with Gasteiger partial charge in [0.25, 0.3) is 5.91 Å². The van der Waals surface area contributed by atoms with Crippen LogP contribution >= 0.6 is 11.6 Å². The van der Waals surface area contributed by atoms with E-state index in [0.717, 1.165) is 17.7 Å². The number of urea groups is 1. The molecular weight excluding hydrogens is 436 g/mol. The molecule has 0 radical (unpaired) electrons. The molecule has 1 heterocycles. The normalized spacial score (nSPS) is 13.9. The van der Waals surface area contributed by atoms with E-state index < -0.39 is 23.1 Å². The number of carbonyl (C=O) groups excluding carboxylic acids is 2. The first-order valence-corrected chi connectivity index (χ1v) is 10.5. The summed E-state index contributed by atoms with van der Waals surface area (Å²) in [5.41, 5.74) is 0.896. The fourth-order valence-corrected chi connectivity index (χ4v) is 3.89. The number of halogens is 3. The Morgan fingerprint density at radius 1 is 0.938 bits per heavy atom. The van der Waals surface area contributed by atoms with Gasteiger partial charge in [0.2, 0.25) is 0 Å². The standard InChI is InChI=1S/C24H20ClF2N3O2/c25-17-8-2-1-7-16(17)15-29-13-6-14-30(24(29)32)21-12-4-3-11-20(21)28-23(31)22-18(26)9-5-10-19(22)27/h1-5,7-12H,6,13-15H2,(H,28,31). The molecule has 1 N–H and O–H groups in total. The van der Waals surface area contributed by atoms with Crippen LogP contribution in [-0.2, 0) is 6.54 Å². The highest BCUT2D eigenvalue weighted by Crippen LogP contribution is 2.30. The Labute approximate surface area is 189 Å². The van der Waals surface area contributed by atoms with Gasteiger partial charge in [0.1, 0.15) is 17.2 Å². The lowest BCUT2D eigenvalue weighted by Gasteiger charge is -2.36. The minimum atomic E-state index is -0.958. The minimum absolute atomic E-state index is 0.241. The maximum absolute atomic E-state index is 14.0. The lowest BCUT2D eigenvalue weighted by molar-refractivity contribution is 0.101. The molecule has 0 saturated carbocycles. The van der Waals surface area contributed by atoms with Crippen LogP contribution in [0.4, 0.5) is 25.0 Å². The zero-order valence-electron chi connectivity index (χ0n) is 17.0. The number of nitrogens with one attached hydrogen (secondary N) is 1. The fraction of sp³-hybridized carbons (Fsp3) is 0.167. The third kappa shape index (κ3) is 4.43. The summed E-state index contributed by atoms with van der Waals surface area (Å²) in [7, 11) is 0. The molecule has 0 aromatic heterocycles. The van der Waals surface area contributed by atoms with Crippen molar-refractivity contribution in [1.29, 1.82) is 0 Å². The Bertz CT molecular complexity index is 1150. The van der Waals surface area contributed by atoms with E-state index in [4.69, 9.17) is 11.6 Å². The Hall–Kier alpha value is -3.45. The summed E-state index contributed by atoms with van der Waals surface area (Å²) in [6.07, 6.45) is 0.709. The first-order valence-electron chi connectivity index (χ1n) is 10.1. The minimum Gasteiger partial charge on any atom is -0.320 e. The Morgan fingerprint density at radius 3 is 2.38 bits per heavy atom. The highest BCUT2D eigenvalue weighted by atomic mass is 35.5. The third-order valence-corrected chi connectivity index (χ3v) is 5.63. The molecule has 0 aliphatic carbocycles. The van der Waals surface area contributed by atoms with Gasteiger partial charge in [-0.05, 0) is 42.3 Å². The highest BCUT2D eigenvalue weighted by Gasteiger charge is 2.29. The van der Waals surface area contributed by atoms with Crippen molar-refractivity contribution in [2.75, 3.05) is 23.3 Å². The number of anilines is 2. The van der Waals surface area contributed by atoms with Crippen molar-refractivity contribution in [3.63, 3.8) is 0 Å². The quantitative estimate of drug-likeness (QED) is 0.536. The average molecular weight is 456 g/mol. The molecule has 0 bridgehead atoms. The van der Waals surface area contributed by atoms with Gasteiger partial charge >= 0.3 is 6.03 Å². The van der Waals surface area contributed by atoms with Gasteiger partial charge in [-0.15, -0.1) is 0 Å². The molecule has 4 rings (SSSR count). The average Bonchev–Trinajstić information content (AvgIpc) is 2.77. The predicted molar refractivity (Wildman–Crippen MR) is 120 cm³/mol. The van der Waals surface area contributed by atoms with E-state index in [1.165, 1.54) is 6.07 Å². The van der Waals surface area contributed by atoms with E-state index in [1.807, 2.05) is 18.2 Å². The van der Waals surface area contributed by atoms with Crippen molar-refractivity contribution in [3.8, 4) is 0 Å². The van der Waals surface area contributed by atoms with E-state index in [1.54, 1.807) is 40.1 Å². The van der Waals surface area contributed by atoms with Gasteiger partial charge in [0.15, 0.2) is 0 Å². The van der Waals surface area contributed by atoms with Crippen LogP contribution in [0.1, 0.15) is 22.3 Å². The van der Waals surface area contributed by atoms with Crippen molar-refractivity contribution >= 4 is 34.9 Å². The smallest absolute Gasteiger partial charge is 0.320 e. The van der Waals surface area contributed by atoms with E-state index in [2.05, 4.69) is 5.32 Å². The molecule has 8 heteroatoms. The lowest BCUT2D eigenvalue weighted by atomic mass is 10.1. The summed E-state index contributed by atoms with van der Waals surface area (Å²) in [4.78, 5) is 29.1. The van der Waals surface area contributed by atoms with Crippen molar-refractivity contribution in [1.82, 2.24) is 4.90 Å². The van der Waals surface area contributed by atoms with Gasteiger partial charge in [-0.3, -0.25) is 9.69 Å². The maximum atomic E-state index is 14.0. The van der Waals surface area contributed by atoms with Crippen LogP contribution in [0.3, 0.4) is 0 Å². The summed E-state index contributed by atoms with van der Waals surface area (Å²) >= 11 is 6.25. The second kappa shape index (κ2) is 9.36. The van der Waals surface area contributed by atoms with Crippen molar-refractivity contribution in [2.24, 2.45) is 0 Å². The zero-order chi connectivity index (χ0) is 22.7. The molecule has 5 nitrogen and oxygen atoms in total. The Balaban J connectivity index is 1.58. The highest BCUT2D eigenvalue weighted by molar-refractivity contribution is 6.31. The number of carbonyl (C=O) groups is 2. The monoisotopic (exact) mass is 455 g/mol. The first-order chi connectivity index (χ1) is 15.5. The second-order valence-electron chi connectivity index (χ2n) is 7.37. The number of para-hydroxylation sites is 2. The molecule has 32 heavy (non-hydrogen) atoms. The number of nitrogens with zero attached hydrogens (tertiary/aromatic N) is 2. The molecule has 0 spiro atoms. The summed E-state index contributed by atoms with van der Waals surface area (Å²) in [5.74, 6) is -2.84. The van der Waals surface area contributed by atoms with Gasteiger partial charge in [0.05, 0.1) is 11.4 Å². The van der Waals surface area contributed by atoms with Crippen LogP contribution in [0.15, 0.2) is 66.7 Å². The van der Waals surface area contributed by atoms with Crippen molar-refractivity contribution in [2.45, 2.75) is 13.0 Å². The van der Waals surface area contributed by atoms with Crippen molar-refractivity contribution < 1.29 is 18.4 Å². The van der Waals surface area contributed by atoms with Gasteiger partial charge in [0, 0.05) is 24.7 Å². The third-order valence-electron chi connectivity index (χ3n) is 5.26. The van der Waals surface area contributed by atoms with Gasteiger partial charge in [-0.1, -0.05) is 48.0 Å². The SMILES string of the molecule is O=C(Nc1ccccc1N1CCCN(Cc2ccccc2Cl)C1=O)c1c(F)cccc1F. The van der Waals surface area contributed by atoms with Gasteiger partial charge in [-0.25, -0.2) is 13.6 Å². The molecule has 164 valence electrons. The first kappa shape index (κ1) is 21.8. The number of benzene rings is 3. The van der Waals surface area contributed by atoms with Crippen LogP contribution in [0.2, 0.25) is 5.02 Å².